The molecule has 0 radical (unpaired) electrons. The van der Waals surface area contributed by atoms with Crippen LogP contribution < -0.4 is 10.1 Å². The number of hydrogen-bond donors (Lipinski definition) is 1. The molecule has 1 fully saturated rings. The van der Waals surface area contributed by atoms with Gasteiger partial charge in [0.15, 0.2) is 0 Å². The highest BCUT2D eigenvalue weighted by Gasteiger charge is 2.36. The van der Waals surface area contributed by atoms with Crippen LogP contribution in [-0.4, -0.2) is 12.5 Å². The van der Waals surface area contributed by atoms with Gasteiger partial charge in [-0.2, -0.15) is 8.78 Å². The lowest BCUT2D eigenvalue weighted by atomic mass is 10.2. The van der Waals surface area contributed by atoms with Gasteiger partial charge in [0.25, 0.3) is 0 Å². The summed E-state index contributed by atoms with van der Waals surface area (Å²) in [4.78, 5) is 11.9. The SMILES string of the molecule is C[C@@H]1C[C@@H]1c1ccc(/C=C/C(=O)NCc2ccccc2OC(F)F)o1. The van der Waals surface area contributed by atoms with Gasteiger partial charge in [0.2, 0.25) is 5.91 Å². The van der Waals surface area contributed by atoms with Gasteiger partial charge in [0.05, 0.1) is 0 Å². The summed E-state index contributed by atoms with van der Waals surface area (Å²) in [6, 6.07) is 10.1. The number of furan rings is 1. The molecule has 2 atom stereocenters. The van der Waals surface area contributed by atoms with E-state index in [1.807, 2.05) is 12.1 Å². The molecule has 0 unspecified atom stereocenters. The maximum atomic E-state index is 12.4. The number of nitrogens with one attached hydrogen (secondary N) is 1. The average molecular weight is 347 g/mol. The fourth-order valence-electron chi connectivity index (χ4n) is 2.64. The summed E-state index contributed by atoms with van der Waals surface area (Å²) in [7, 11) is 0. The molecule has 2 aromatic rings. The zero-order valence-electron chi connectivity index (χ0n) is 13.7. The fraction of sp³-hybridized carbons (Fsp3) is 0.316. The second kappa shape index (κ2) is 7.51. The van der Waals surface area contributed by atoms with Crippen LogP contribution in [0.4, 0.5) is 8.78 Å². The first kappa shape index (κ1) is 17.2. The number of hydrogen-bond acceptors (Lipinski definition) is 3. The zero-order chi connectivity index (χ0) is 17.8. The molecule has 1 heterocycles. The second-order valence-electron chi connectivity index (χ2n) is 6.10. The lowest BCUT2D eigenvalue weighted by Gasteiger charge is -2.10. The average Bonchev–Trinajstić information content (AvgIpc) is 3.12. The Balaban J connectivity index is 1.53. The van der Waals surface area contributed by atoms with Crippen molar-refractivity contribution in [1.29, 1.82) is 0 Å². The number of benzene rings is 1. The van der Waals surface area contributed by atoms with Gasteiger partial charge in [-0.05, 0) is 36.6 Å². The summed E-state index contributed by atoms with van der Waals surface area (Å²) in [5.41, 5.74) is 0.479. The maximum Gasteiger partial charge on any atom is 0.387 e. The smallest absolute Gasteiger partial charge is 0.387 e. The lowest BCUT2D eigenvalue weighted by Crippen LogP contribution is -2.21. The highest BCUT2D eigenvalue weighted by Crippen LogP contribution is 2.47. The van der Waals surface area contributed by atoms with Crippen molar-refractivity contribution in [2.75, 3.05) is 0 Å². The van der Waals surface area contributed by atoms with Gasteiger partial charge in [0, 0.05) is 24.1 Å². The van der Waals surface area contributed by atoms with Gasteiger partial charge in [-0.1, -0.05) is 25.1 Å². The van der Waals surface area contributed by atoms with Crippen LogP contribution in [0, 0.1) is 5.92 Å². The number of alkyl halides is 2. The van der Waals surface area contributed by atoms with Crippen LogP contribution in [0.25, 0.3) is 6.08 Å². The molecule has 1 saturated carbocycles. The van der Waals surface area contributed by atoms with Crippen LogP contribution in [0.1, 0.15) is 36.3 Å². The molecule has 1 aromatic carbocycles. The van der Waals surface area contributed by atoms with Crippen molar-refractivity contribution in [3.63, 3.8) is 0 Å². The fourth-order valence-corrected chi connectivity index (χ4v) is 2.64. The number of halogens is 2. The Labute approximate surface area is 144 Å². The van der Waals surface area contributed by atoms with E-state index in [2.05, 4.69) is 17.0 Å². The molecule has 0 spiro atoms. The third-order valence-electron chi connectivity index (χ3n) is 4.16. The second-order valence-corrected chi connectivity index (χ2v) is 6.10. The summed E-state index contributed by atoms with van der Waals surface area (Å²) in [5, 5.41) is 2.64. The predicted molar refractivity (Wildman–Crippen MR) is 89.2 cm³/mol. The van der Waals surface area contributed by atoms with E-state index in [9.17, 15) is 13.6 Å². The molecule has 1 amide bonds. The third-order valence-corrected chi connectivity index (χ3v) is 4.16. The van der Waals surface area contributed by atoms with Crippen LogP contribution in [-0.2, 0) is 11.3 Å². The summed E-state index contributed by atoms with van der Waals surface area (Å²) in [6.07, 6.45) is 4.08. The number of ether oxygens (including phenoxy) is 1. The van der Waals surface area contributed by atoms with Crippen LogP contribution >= 0.6 is 0 Å². The molecule has 1 aromatic heterocycles. The van der Waals surface area contributed by atoms with Crippen molar-refractivity contribution in [3.8, 4) is 5.75 Å². The first-order valence-electron chi connectivity index (χ1n) is 8.11. The molecule has 132 valence electrons. The molecule has 6 heteroatoms. The van der Waals surface area contributed by atoms with Crippen LogP contribution in [0.3, 0.4) is 0 Å². The molecule has 0 aliphatic heterocycles. The first-order valence-corrected chi connectivity index (χ1v) is 8.11. The molecule has 0 saturated heterocycles. The number of carbonyl (C=O) groups excluding carboxylic acids is 1. The number of rotatable bonds is 7. The van der Waals surface area contributed by atoms with Crippen molar-refractivity contribution in [3.05, 3.63) is 59.6 Å². The highest BCUT2D eigenvalue weighted by molar-refractivity contribution is 5.91. The lowest BCUT2D eigenvalue weighted by molar-refractivity contribution is -0.116. The Morgan fingerprint density at radius 1 is 1.36 bits per heavy atom. The summed E-state index contributed by atoms with van der Waals surface area (Å²) < 4.78 is 34.8. The van der Waals surface area contributed by atoms with E-state index < -0.39 is 6.61 Å². The van der Waals surface area contributed by atoms with E-state index in [0.717, 1.165) is 12.2 Å². The van der Waals surface area contributed by atoms with E-state index in [1.165, 1.54) is 12.1 Å². The molecule has 0 bridgehead atoms. The van der Waals surface area contributed by atoms with Crippen molar-refractivity contribution < 1.29 is 22.7 Å². The van der Waals surface area contributed by atoms with E-state index in [-0.39, 0.29) is 18.2 Å². The minimum absolute atomic E-state index is 0.0519. The Hall–Kier alpha value is -2.63. The van der Waals surface area contributed by atoms with Gasteiger partial charge in [-0.3, -0.25) is 4.79 Å². The highest BCUT2D eigenvalue weighted by atomic mass is 19.3. The van der Waals surface area contributed by atoms with Crippen LogP contribution in [0.2, 0.25) is 0 Å². The van der Waals surface area contributed by atoms with Crippen molar-refractivity contribution >= 4 is 12.0 Å². The molecular weight excluding hydrogens is 328 g/mol. The number of amides is 1. The zero-order valence-corrected chi connectivity index (χ0v) is 13.7. The maximum absolute atomic E-state index is 12.4. The van der Waals surface area contributed by atoms with Crippen LogP contribution in [0.15, 0.2) is 46.9 Å². The normalized spacial score (nSPS) is 19.4. The monoisotopic (exact) mass is 347 g/mol. The van der Waals surface area contributed by atoms with Crippen molar-refractivity contribution in [1.82, 2.24) is 5.32 Å². The molecule has 1 N–H and O–H groups in total. The Kier molecular flexibility index (Phi) is 5.16. The molecule has 1 aliphatic rings. The van der Waals surface area contributed by atoms with Gasteiger partial charge in [-0.25, -0.2) is 0 Å². The molecule has 4 nitrogen and oxygen atoms in total. The molecule has 3 rings (SSSR count). The molecule has 1 aliphatic carbocycles. The largest absolute Gasteiger partial charge is 0.461 e. The van der Waals surface area contributed by atoms with Gasteiger partial charge >= 0.3 is 6.61 Å². The Morgan fingerprint density at radius 2 is 2.12 bits per heavy atom. The van der Waals surface area contributed by atoms with Crippen molar-refractivity contribution in [2.45, 2.75) is 32.4 Å². The molecular formula is C19H19F2NO3. The summed E-state index contributed by atoms with van der Waals surface area (Å²) in [6.45, 7) is -0.639. The van der Waals surface area contributed by atoms with E-state index in [4.69, 9.17) is 4.42 Å². The van der Waals surface area contributed by atoms with E-state index in [1.54, 1.807) is 24.3 Å². The van der Waals surface area contributed by atoms with Crippen molar-refractivity contribution in [2.24, 2.45) is 5.92 Å². The summed E-state index contributed by atoms with van der Waals surface area (Å²) in [5.74, 6) is 2.42. The van der Waals surface area contributed by atoms with E-state index in [0.29, 0.717) is 23.2 Å². The predicted octanol–water partition coefficient (Wildman–Crippen LogP) is 4.33. The molecule has 25 heavy (non-hydrogen) atoms. The summed E-state index contributed by atoms with van der Waals surface area (Å²) >= 11 is 0. The topological polar surface area (TPSA) is 51.5 Å². The quantitative estimate of drug-likeness (QED) is 0.758. The van der Waals surface area contributed by atoms with Gasteiger partial charge < -0.3 is 14.5 Å². The Bertz CT molecular complexity index is 770. The Morgan fingerprint density at radius 3 is 2.84 bits per heavy atom. The minimum atomic E-state index is -2.90. The third kappa shape index (κ3) is 4.68. The standard InChI is InChI=1S/C19H19F2NO3/c1-12-10-15(12)17-8-6-14(24-17)7-9-18(23)22-11-13-4-2-3-5-16(13)25-19(20)21/h2-9,12,15,19H,10-11H2,1H3,(H,22,23)/b9-7+/t12-,15+/m1/s1. The number of carbonyl (C=O) groups is 1. The van der Waals surface area contributed by atoms with Gasteiger partial charge in [-0.15, -0.1) is 0 Å². The van der Waals surface area contributed by atoms with Gasteiger partial charge in [0.1, 0.15) is 17.3 Å². The number of para-hydroxylation sites is 1. The van der Waals surface area contributed by atoms with E-state index >= 15 is 0 Å². The minimum Gasteiger partial charge on any atom is -0.461 e. The van der Waals surface area contributed by atoms with Crippen LogP contribution in [0.5, 0.6) is 5.75 Å². The first-order chi connectivity index (χ1) is 12.0.